The van der Waals surface area contributed by atoms with Crippen LogP contribution in [0.15, 0.2) is 59.7 Å². The summed E-state index contributed by atoms with van der Waals surface area (Å²) in [6.45, 7) is 8.00. The summed E-state index contributed by atoms with van der Waals surface area (Å²) in [5.41, 5.74) is 7.65. The largest absolute Gasteiger partial charge is 0.490 e. The van der Waals surface area contributed by atoms with Crippen molar-refractivity contribution in [1.82, 2.24) is 5.43 Å². The Morgan fingerprint density at radius 3 is 2.40 bits per heavy atom. The van der Waals surface area contributed by atoms with Crippen LogP contribution >= 0.6 is 22.6 Å². The second kappa shape index (κ2) is 12.3. The normalized spacial score (nSPS) is 10.8. The van der Waals surface area contributed by atoms with Gasteiger partial charge in [0.25, 0.3) is 11.8 Å². The van der Waals surface area contributed by atoms with Crippen molar-refractivity contribution in [3.8, 4) is 11.5 Å². The van der Waals surface area contributed by atoms with Gasteiger partial charge in [-0.15, -0.1) is 0 Å². The van der Waals surface area contributed by atoms with Gasteiger partial charge in [-0.2, -0.15) is 5.10 Å². The summed E-state index contributed by atoms with van der Waals surface area (Å²) in [6.07, 6.45) is 1.54. The molecule has 182 valence electrons. The Morgan fingerprint density at radius 2 is 1.69 bits per heavy atom. The van der Waals surface area contributed by atoms with Crippen LogP contribution in [0.25, 0.3) is 0 Å². The highest BCUT2D eigenvalue weighted by atomic mass is 127. The van der Waals surface area contributed by atoms with Crippen LogP contribution in [-0.4, -0.2) is 31.2 Å². The number of ether oxygens (including phenoxy) is 2. The number of hydrogen-bond donors (Lipinski definition) is 2. The Hall–Kier alpha value is -3.40. The maximum absolute atomic E-state index is 12.5. The summed E-state index contributed by atoms with van der Waals surface area (Å²) in [7, 11) is 0. The van der Waals surface area contributed by atoms with Crippen LogP contribution in [0.4, 0.5) is 5.69 Å². The fourth-order valence-corrected chi connectivity index (χ4v) is 3.98. The van der Waals surface area contributed by atoms with Gasteiger partial charge in [-0.25, -0.2) is 5.43 Å². The molecule has 0 heterocycles. The van der Waals surface area contributed by atoms with Gasteiger partial charge in [0.1, 0.15) is 0 Å². The SMILES string of the molecule is CCOc1cc(/C=N/NC(=O)c2ccc(C)cc2)cc(I)c1OCC(=O)Nc1cc(C)ccc1C. The third-order valence-electron chi connectivity index (χ3n) is 5.04. The summed E-state index contributed by atoms with van der Waals surface area (Å²) < 4.78 is 12.3. The first kappa shape index (κ1) is 26.2. The molecule has 0 unspecified atom stereocenters. The first-order valence-corrected chi connectivity index (χ1v) is 12.2. The Morgan fingerprint density at radius 1 is 0.971 bits per heavy atom. The van der Waals surface area contributed by atoms with Gasteiger partial charge in [-0.1, -0.05) is 29.8 Å². The van der Waals surface area contributed by atoms with E-state index in [4.69, 9.17) is 9.47 Å². The average molecular weight is 585 g/mol. The molecule has 0 aliphatic carbocycles. The Balaban J connectivity index is 1.67. The second-order valence-electron chi connectivity index (χ2n) is 7.98. The predicted molar refractivity (Wildman–Crippen MR) is 147 cm³/mol. The lowest BCUT2D eigenvalue weighted by Crippen LogP contribution is -2.21. The van der Waals surface area contributed by atoms with E-state index in [0.29, 0.717) is 29.2 Å². The number of nitrogens with zero attached hydrogens (tertiary/aromatic N) is 1. The standard InChI is InChI=1S/C27H28IN3O4/c1-5-34-24-14-20(15-29-31-27(33)21-10-7-17(2)8-11-21)13-22(28)26(24)35-16-25(32)30-23-12-18(3)6-9-19(23)4/h6-15H,5,16H2,1-4H3,(H,30,32)(H,31,33)/b29-15+. The van der Waals surface area contributed by atoms with E-state index in [1.54, 1.807) is 18.2 Å². The van der Waals surface area contributed by atoms with Gasteiger partial charge in [0, 0.05) is 11.3 Å². The van der Waals surface area contributed by atoms with Crippen LogP contribution < -0.4 is 20.2 Å². The molecule has 0 radical (unpaired) electrons. The number of carbonyl (C=O) groups is 2. The molecule has 8 heteroatoms. The molecular formula is C27H28IN3O4. The molecule has 2 amide bonds. The summed E-state index contributed by atoms with van der Waals surface area (Å²) in [5, 5.41) is 6.95. The molecular weight excluding hydrogens is 557 g/mol. The van der Waals surface area contributed by atoms with Crippen LogP contribution in [-0.2, 0) is 4.79 Å². The third-order valence-corrected chi connectivity index (χ3v) is 5.84. The molecule has 0 spiro atoms. The van der Waals surface area contributed by atoms with E-state index in [0.717, 1.165) is 25.9 Å². The van der Waals surface area contributed by atoms with E-state index in [1.807, 2.05) is 64.1 Å². The van der Waals surface area contributed by atoms with Crippen molar-refractivity contribution in [3.05, 3.63) is 86.0 Å². The smallest absolute Gasteiger partial charge is 0.271 e. The Labute approximate surface area is 219 Å². The van der Waals surface area contributed by atoms with Crippen LogP contribution in [0.3, 0.4) is 0 Å². The van der Waals surface area contributed by atoms with Gasteiger partial charge in [-0.3, -0.25) is 9.59 Å². The van der Waals surface area contributed by atoms with Crippen LogP contribution in [0.1, 0.15) is 39.5 Å². The van der Waals surface area contributed by atoms with E-state index in [9.17, 15) is 9.59 Å². The van der Waals surface area contributed by atoms with E-state index in [1.165, 1.54) is 6.21 Å². The van der Waals surface area contributed by atoms with Crippen molar-refractivity contribution in [2.75, 3.05) is 18.5 Å². The van der Waals surface area contributed by atoms with Gasteiger partial charge in [0.05, 0.1) is 16.4 Å². The molecule has 0 aromatic heterocycles. The summed E-state index contributed by atoms with van der Waals surface area (Å²) in [5.74, 6) is 0.409. The highest BCUT2D eigenvalue weighted by molar-refractivity contribution is 14.1. The zero-order valence-electron chi connectivity index (χ0n) is 20.1. The molecule has 0 atom stereocenters. The minimum atomic E-state index is -0.296. The van der Waals surface area contributed by atoms with Crippen molar-refractivity contribution in [2.24, 2.45) is 5.10 Å². The number of amides is 2. The minimum Gasteiger partial charge on any atom is -0.490 e. The Bertz CT molecular complexity index is 1240. The molecule has 0 saturated carbocycles. The molecule has 0 aliphatic rings. The number of nitrogens with one attached hydrogen (secondary N) is 2. The number of aryl methyl sites for hydroxylation is 3. The first-order chi connectivity index (χ1) is 16.8. The predicted octanol–water partition coefficient (Wildman–Crippen LogP) is 5.40. The first-order valence-electron chi connectivity index (χ1n) is 11.1. The van der Waals surface area contributed by atoms with Crippen molar-refractivity contribution in [3.63, 3.8) is 0 Å². The Kier molecular flexibility index (Phi) is 9.25. The molecule has 35 heavy (non-hydrogen) atoms. The molecule has 0 bridgehead atoms. The number of hydrogen-bond acceptors (Lipinski definition) is 5. The summed E-state index contributed by atoms with van der Waals surface area (Å²) in [6, 6.07) is 16.7. The maximum atomic E-state index is 12.5. The third kappa shape index (κ3) is 7.54. The highest BCUT2D eigenvalue weighted by Crippen LogP contribution is 2.34. The number of rotatable bonds is 9. The fourth-order valence-electron chi connectivity index (χ4n) is 3.19. The topological polar surface area (TPSA) is 89.0 Å². The van der Waals surface area contributed by atoms with Gasteiger partial charge in [0.15, 0.2) is 18.1 Å². The molecule has 7 nitrogen and oxygen atoms in total. The number of hydrazone groups is 1. The molecule has 2 N–H and O–H groups in total. The summed E-state index contributed by atoms with van der Waals surface area (Å²) in [4.78, 5) is 24.7. The van der Waals surface area contributed by atoms with E-state index < -0.39 is 0 Å². The molecule has 0 saturated heterocycles. The number of halogens is 1. The fraction of sp³-hybridized carbons (Fsp3) is 0.222. The van der Waals surface area contributed by atoms with Gasteiger partial charge in [0.2, 0.25) is 0 Å². The van der Waals surface area contributed by atoms with Gasteiger partial charge < -0.3 is 14.8 Å². The maximum Gasteiger partial charge on any atom is 0.271 e. The van der Waals surface area contributed by atoms with Crippen molar-refractivity contribution >= 4 is 46.3 Å². The lowest BCUT2D eigenvalue weighted by Gasteiger charge is -2.15. The van der Waals surface area contributed by atoms with Crippen LogP contribution in [0.5, 0.6) is 11.5 Å². The van der Waals surface area contributed by atoms with Crippen molar-refractivity contribution in [2.45, 2.75) is 27.7 Å². The second-order valence-corrected chi connectivity index (χ2v) is 9.15. The van der Waals surface area contributed by atoms with Crippen LogP contribution in [0, 0.1) is 24.3 Å². The highest BCUT2D eigenvalue weighted by Gasteiger charge is 2.14. The lowest BCUT2D eigenvalue weighted by atomic mass is 10.1. The van der Waals surface area contributed by atoms with Crippen LogP contribution in [0.2, 0.25) is 0 Å². The summed E-state index contributed by atoms with van der Waals surface area (Å²) >= 11 is 2.12. The molecule has 0 aliphatic heterocycles. The quantitative estimate of drug-likeness (QED) is 0.200. The zero-order chi connectivity index (χ0) is 25.4. The molecule has 3 rings (SSSR count). The van der Waals surface area contributed by atoms with Crippen molar-refractivity contribution in [1.29, 1.82) is 0 Å². The number of anilines is 1. The van der Waals surface area contributed by atoms with E-state index in [2.05, 4.69) is 38.4 Å². The van der Waals surface area contributed by atoms with Crippen molar-refractivity contribution < 1.29 is 19.1 Å². The minimum absolute atomic E-state index is 0.163. The monoisotopic (exact) mass is 585 g/mol. The zero-order valence-corrected chi connectivity index (χ0v) is 22.3. The number of benzene rings is 3. The van der Waals surface area contributed by atoms with Gasteiger partial charge in [-0.05, 0) is 97.3 Å². The number of carbonyl (C=O) groups excluding carboxylic acids is 2. The van der Waals surface area contributed by atoms with Gasteiger partial charge >= 0.3 is 0 Å². The molecule has 3 aromatic carbocycles. The lowest BCUT2D eigenvalue weighted by molar-refractivity contribution is -0.118. The van der Waals surface area contributed by atoms with E-state index in [-0.39, 0.29) is 18.4 Å². The molecule has 0 fully saturated rings. The molecule has 3 aromatic rings. The van der Waals surface area contributed by atoms with E-state index >= 15 is 0 Å². The average Bonchev–Trinajstić information content (AvgIpc) is 2.81.